The molecule has 1 aromatic heterocycles. The van der Waals surface area contributed by atoms with Crippen LogP contribution in [0.5, 0.6) is 0 Å². The van der Waals surface area contributed by atoms with E-state index in [1.54, 1.807) is 13.0 Å². The molecule has 0 amide bonds. The summed E-state index contributed by atoms with van der Waals surface area (Å²) in [6.45, 7) is 3.66. The minimum absolute atomic E-state index is 0.0149. The number of anilines is 1. The SMILES string of the molecule is Cc1cc(-c2nnnn2C(C)CS(C)(=O)=O)ccc1N. The number of nitrogens with two attached hydrogens (primary N) is 1. The van der Waals surface area contributed by atoms with Crippen LogP contribution in [-0.4, -0.2) is 40.6 Å². The lowest BCUT2D eigenvalue weighted by atomic mass is 10.1. The first kappa shape index (κ1) is 14.4. The van der Waals surface area contributed by atoms with Gasteiger partial charge >= 0.3 is 0 Å². The molecule has 0 saturated heterocycles. The number of nitrogen functional groups attached to an aromatic ring is 1. The highest BCUT2D eigenvalue weighted by Gasteiger charge is 2.18. The molecule has 1 unspecified atom stereocenters. The molecule has 108 valence electrons. The quantitative estimate of drug-likeness (QED) is 0.838. The number of aryl methyl sites for hydroxylation is 1. The second-order valence-electron chi connectivity index (χ2n) is 4.96. The second-order valence-corrected chi connectivity index (χ2v) is 7.14. The lowest BCUT2D eigenvalue weighted by Crippen LogP contribution is -2.18. The van der Waals surface area contributed by atoms with Crippen LogP contribution < -0.4 is 5.73 Å². The van der Waals surface area contributed by atoms with Crippen molar-refractivity contribution in [2.75, 3.05) is 17.7 Å². The van der Waals surface area contributed by atoms with Gasteiger partial charge in [0.1, 0.15) is 9.84 Å². The minimum atomic E-state index is -3.10. The van der Waals surface area contributed by atoms with E-state index < -0.39 is 9.84 Å². The van der Waals surface area contributed by atoms with Gasteiger partial charge in [0.25, 0.3) is 0 Å². The maximum Gasteiger partial charge on any atom is 0.182 e. The molecule has 7 nitrogen and oxygen atoms in total. The Bertz CT molecular complexity index is 723. The smallest absolute Gasteiger partial charge is 0.182 e. The maximum absolute atomic E-state index is 11.4. The highest BCUT2D eigenvalue weighted by atomic mass is 32.2. The Morgan fingerprint density at radius 1 is 1.40 bits per heavy atom. The number of hydrogen-bond donors (Lipinski definition) is 1. The maximum atomic E-state index is 11.4. The minimum Gasteiger partial charge on any atom is -0.399 e. The standard InChI is InChI=1S/C12H17N5O2S/c1-8-6-10(4-5-11(8)13)12-14-15-16-17(12)9(2)7-20(3,18)19/h4-6,9H,7,13H2,1-3H3. The Morgan fingerprint density at radius 3 is 2.70 bits per heavy atom. The molecule has 0 aliphatic rings. The molecule has 0 radical (unpaired) electrons. The Balaban J connectivity index is 2.39. The highest BCUT2D eigenvalue weighted by Crippen LogP contribution is 2.23. The van der Waals surface area contributed by atoms with Crippen molar-refractivity contribution in [3.05, 3.63) is 23.8 Å². The van der Waals surface area contributed by atoms with E-state index in [2.05, 4.69) is 15.5 Å². The molecular weight excluding hydrogens is 278 g/mol. The van der Waals surface area contributed by atoms with Crippen molar-refractivity contribution >= 4 is 15.5 Å². The molecule has 0 aliphatic carbocycles. The molecule has 20 heavy (non-hydrogen) atoms. The molecular formula is C12H17N5O2S. The normalized spacial score (nSPS) is 13.3. The van der Waals surface area contributed by atoms with Crippen molar-refractivity contribution in [1.82, 2.24) is 20.2 Å². The van der Waals surface area contributed by atoms with Crippen LogP contribution in [0.1, 0.15) is 18.5 Å². The average Bonchev–Trinajstić information content (AvgIpc) is 2.79. The fourth-order valence-corrected chi connectivity index (χ4v) is 3.02. The molecule has 0 saturated carbocycles. The van der Waals surface area contributed by atoms with Gasteiger partial charge in [-0.25, -0.2) is 13.1 Å². The van der Waals surface area contributed by atoms with Crippen LogP contribution in [0.2, 0.25) is 0 Å². The van der Waals surface area contributed by atoms with Gasteiger partial charge in [-0.15, -0.1) is 5.10 Å². The average molecular weight is 295 g/mol. The van der Waals surface area contributed by atoms with Gasteiger partial charge in [-0.1, -0.05) is 0 Å². The van der Waals surface area contributed by atoms with E-state index in [1.165, 1.54) is 10.9 Å². The summed E-state index contributed by atoms with van der Waals surface area (Å²) in [5.41, 5.74) is 8.21. The highest BCUT2D eigenvalue weighted by molar-refractivity contribution is 7.90. The Morgan fingerprint density at radius 2 is 2.10 bits per heavy atom. The largest absolute Gasteiger partial charge is 0.399 e. The first-order valence-electron chi connectivity index (χ1n) is 6.10. The molecule has 1 aromatic carbocycles. The Kier molecular flexibility index (Phi) is 3.76. The second kappa shape index (κ2) is 5.20. The third-order valence-corrected chi connectivity index (χ3v) is 4.07. The van der Waals surface area contributed by atoms with Gasteiger partial charge in [-0.3, -0.25) is 0 Å². The van der Waals surface area contributed by atoms with Gasteiger partial charge in [0, 0.05) is 17.5 Å². The molecule has 2 N–H and O–H groups in total. The van der Waals surface area contributed by atoms with Crippen LogP contribution in [0.4, 0.5) is 5.69 Å². The van der Waals surface area contributed by atoms with E-state index >= 15 is 0 Å². The van der Waals surface area contributed by atoms with Crippen molar-refractivity contribution < 1.29 is 8.42 Å². The molecule has 1 heterocycles. The number of tetrazole rings is 1. The monoisotopic (exact) mass is 295 g/mol. The summed E-state index contributed by atoms with van der Waals surface area (Å²) in [5.74, 6) is 0.517. The lowest BCUT2D eigenvalue weighted by molar-refractivity contribution is 0.509. The topological polar surface area (TPSA) is 104 Å². The van der Waals surface area contributed by atoms with Gasteiger partial charge in [0.05, 0.1) is 11.8 Å². The number of aromatic nitrogens is 4. The van der Waals surface area contributed by atoms with Crippen LogP contribution in [-0.2, 0) is 9.84 Å². The Hall–Kier alpha value is -1.96. The Labute approximate surface area is 117 Å². The molecule has 0 spiro atoms. The summed E-state index contributed by atoms with van der Waals surface area (Å²) in [5, 5.41) is 11.5. The molecule has 0 aliphatic heterocycles. The number of benzene rings is 1. The van der Waals surface area contributed by atoms with E-state index in [0.29, 0.717) is 11.5 Å². The first-order valence-corrected chi connectivity index (χ1v) is 8.16. The van der Waals surface area contributed by atoms with Gasteiger partial charge < -0.3 is 5.73 Å². The van der Waals surface area contributed by atoms with Crippen molar-refractivity contribution in [2.45, 2.75) is 19.9 Å². The van der Waals surface area contributed by atoms with Crippen LogP contribution in [0, 0.1) is 6.92 Å². The molecule has 8 heteroatoms. The fourth-order valence-electron chi connectivity index (χ4n) is 2.00. The molecule has 1 atom stereocenters. The predicted molar refractivity (Wildman–Crippen MR) is 76.8 cm³/mol. The molecule has 2 aromatic rings. The zero-order valence-corrected chi connectivity index (χ0v) is 12.4. The summed E-state index contributed by atoms with van der Waals surface area (Å²) in [7, 11) is -3.10. The summed E-state index contributed by atoms with van der Waals surface area (Å²) in [6, 6.07) is 5.14. The first-order chi connectivity index (χ1) is 9.28. The van der Waals surface area contributed by atoms with Gasteiger partial charge in [0.2, 0.25) is 0 Å². The summed E-state index contributed by atoms with van der Waals surface area (Å²) in [6.07, 6.45) is 1.20. The number of nitrogens with zero attached hydrogens (tertiary/aromatic N) is 4. The van der Waals surface area contributed by atoms with Crippen molar-refractivity contribution in [3.63, 3.8) is 0 Å². The number of sulfone groups is 1. The van der Waals surface area contributed by atoms with E-state index in [0.717, 1.165) is 11.1 Å². The summed E-state index contributed by atoms with van der Waals surface area (Å²) < 4.78 is 24.3. The summed E-state index contributed by atoms with van der Waals surface area (Å²) >= 11 is 0. The van der Waals surface area contributed by atoms with Gasteiger partial charge in [0.15, 0.2) is 5.82 Å². The predicted octanol–water partition coefficient (Wildman–Crippen LogP) is 0.836. The zero-order valence-electron chi connectivity index (χ0n) is 11.6. The van der Waals surface area contributed by atoms with Crippen LogP contribution >= 0.6 is 0 Å². The van der Waals surface area contributed by atoms with Crippen molar-refractivity contribution in [1.29, 1.82) is 0 Å². The van der Waals surface area contributed by atoms with E-state index in [1.807, 2.05) is 19.1 Å². The zero-order chi connectivity index (χ0) is 14.9. The van der Waals surface area contributed by atoms with E-state index in [4.69, 9.17) is 5.73 Å². The molecule has 0 fully saturated rings. The fraction of sp³-hybridized carbons (Fsp3) is 0.417. The van der Waals surface area contributed by atoms with E-state index in [9.17, 15) is 8.42 Å². The summed E-state index contributed by atoms with van der Waals surface area (Å²) in [4.78, 5) is 0. The molecule has 2 rings (SSSR count). The van der Waals surface area contributed by atoms with Crippen LogP contribution in [0.3, 0.4) is 0 Å². The van der Waals surface area contributed by atoms with Crippen molar-refractivity contribution in [3.8, 4) is 11.4 Å². The van der Waals surface area contributed by atoms with Crippen molar-refractivity contribution in [2.24, 2.45) is 0 Å². The van der Waals surface area contributed by atoms with Gasteiger partial charge in [-0.2, -0.15) is 0 Å². The van der Waals surface area contributed by atoms with Gasteiger partial charge in [-0.05, 0) is 48.0 Å². The third-order valence-electron chi connectivity index (χ3n) is 2.98. The number of rotatable bonds is 4. The van der Waals surface area contributed by atoms with E-state index in [-0.39, 0.29) is 11.8 Å². The van der Waals surface area contributed by atoms with Crippen LogP contribution in [0.15, 0.2) is 18.2 Å². The lowest BCUT2D eigenvalue weighted by Gasteiger charge is -2.12. The van der Waals surface area contributed by atoms with Crippen LogP contribution in [0.25, 0.3) is 11.4 Å². The third kappa shape index (κ3) is 3.13. The number of hydrogen-bond acceptors (Lipinski definition) is 6. The molecule has 0 bridgehead atoms.